The maximum atomic E-state index is 6.35. The molecule has 2 aliphatic rings. The minimum absolute atomic E-state index is 0.125. The van der Waals surface area contributed by atoms with Crippen LogP contribution in [0.1, 0.15) is 47.5 Å². The van der Waals surface area contributed by atoms with Crippen LogP contribution in [-0.2, 0) is 0 Å². The first kappa shape index (κ1) is 14.3. The SMILES string of the molecule is CC1CN2CCCC2CN1CC(C)(C)C(C)(C)N. The molecule has 0 aromatic heterocycles. The summed E-state index contributed by atoms with van der Waals surface area (Å²) < 4.78 is 0. The van der Waals surface area contributed by atoms with Gasteiger partial charge in [0.05, 0.1) is 0 Å². The first-order valence-corrected chi connectivity index (χ1v) is 7.48. The summed E-state index contributed by atoms with van der Waals surface area (Å²) in [6.45, 7) is 16.2. The molecule has 2 heterocycles. The van der Waals surface area contributed by atoms with Gasteiger partial charge in [-0.25, -0.2) is 0 Å². The minimum Gasteiger partial charge on any atom is -0.325 e. The van der Waals surface area contributed by atoms with Gasteiger partial charge < -0.3 is 5.73 Å². The van der Waals surface area contributed by atoms with Gasteiger partial charge in [-0.05, 0) is 45.6 Å². The largest absolute Gasteiger partial charge is 0.325 e. The van der Waals surface area contributed by atoms with Crippen molar-refractivity contribution in [1.82, 2.24) is 9.80 Å². The monoisotopic (exact) mass is 253 g/mol. The van der Waals surface area contributed by atoms with Crippen molar-refractivity contribution in [3.05, 3.63) is 0 Å². The predicted octanol–water partition coefficient (Wildman–Crippen LogP) is 1.92. The average Bonchev–Trinajstić information content (AvgIpc) is 2.63. The van der Waals surface area contributed by atoms with Crippen LogP contribution >= 0.6 is 0 Å². The third-order valence-electron chi connectivity index (χ3n) is 5.41. The number of nitrogens with zero attached hydrogens (tertiary/aromatic N) is 2. The molecule has 2 saturated heterocycles. The average molecular weight is 253 g/mol. The van der Waals surface area contributed by atoms with Gasteiger partial charge in [0.1, 0.15) is 0 Å². The number of fused-ring (bicyclic) bond motifs is 1. The van der Waals surface area contributed by atoms with Crippen LogP contribution in [0.4, 0.5) is 0 Å². The summed E-state index contributed by atoms with van der Waals surface area (Å²) in [6.07, 6.45) is 2.77. The normalized spacial score (nSPS) is 31.7. The van der Waals surface area contributed by atoms with Gasteiger partial charge in [-0.15, -0.1) is 0 Å². The lowest BCUT2D eigenvalue weighted by molar-refractivity contribution is 0.0167. The second-order valence-corrected chi connectivity index (χ2v) is 7.68. The van der Waals surface area contributed by atoms with Crippen LogP contribution in [0, 0.1) is 5.41 Å². The van der Waals surface area contributed by atoms with Gasteiger partial charge in [0, 0.05) is 37.3 Å². The number of nitrogens with two attached hydrogens (primary N) is 1. The first-order chi connectivity index (χ1) is 8.21. The third-order valence-corrected chi connectivity index (χ3v) is 5.41. The molecule has 2 N–H and O–H groups in total. The van der Waals surface area contributed by atoms with E-state index >= 15 is 0 Å². The van der Waals surface area contributed by atoms with Crippen molar-refractivity contribution in [3.8, 4) is 0 Å². The van der Waals surface area contributed by atoms with E-state index in [1.807, 2.05) is 0 Å². The zero-order chi connectivity index (χ0) is 13.6. The van der Waals surface area contributed by atoms with Crippen LogP contribution in [0.25, 0.3) is 0 Å². The molecule has 3 nitrogen and oxygen atoms in total. The van der Waals surface area contributed by atoms with E-state index in [0.29, 0.717) is 6.04 Å². The molecule has 0 aliphatic carbocycles. The Bertz CT molecular complexity index is 293. The molecule has 0 radical (unpaired) electrons. The van der Waals surface area contributed by atoms with Crippen molar-refractivity contribution in [2.24, 2.45) is 11.1 Å². The number of hydrogen-bond acceptors (Lipinski definition) is 3. The van der Waals surface area contributed by atoms with Gasteiger partial charge in [0.2, 0.25) is 0 Å². The summed E-state index contributed by atoms with van der Waals surface area (Å²) in [5, 5.41) is 0. The van der Waals surface area contributed by atoms with Gasteiger partial charge in [-0.1, -0.05) is 13.8 Å². The van der Waals surface area contributed by atoms with Crippen molar-refractivity contribution in [1.29, 1.82) is 0 Å². The van der Waals surface area contributed by atoms with Gasteiger partial charge in [0.25, 0.3) is 0 Å². The quantitative estimate of drug-likeness (QED) is 0.834. The van der Waals surface area contributed by atoms with Gasteiger partial charge >= 0.3 is 0 Å². The third kappa shape index (κ3) is 2.73. The summed E-state index contributed by atoms with van der Waals surface area (Å²) >= 11 is 0. The van der Waals surface area contributed by atoms with Crippen LogP contribution < -0.4 is 5.73 Å². The highest BCUT2D eigenvalue weighted by Crippen LogP contribution is 2.32. The maximum Gasteiger partial charge on any atom is 0.0224 e. The molecular formula is C15H31N3. The molecule has 2 rings (SSSR count). The highest BCUT2D eigenvalue weighted by atomic mass is 15.3. The van der Waals surface area contributed by atoms with Crippen LogP contribution in [0.3, 0.4) is 0 Å². The summed E-state index contributed by atoms with van der Waals surface area (Å²) in [6, 6.07) is 1.47. The Kier molecular flexibility index (Phi) is 3.79. The Hall–Kier alpha value is -0.120. The van der Waals surface area contributed by atoms with Crippen LogP contribution in [-0.4, -0.2) is 53.6 Å². The van der Waals surface area contributed by atoms with E-state index in [2.05, 4.69) is 44.4 Å². The highest BCUT2D eigenvalue weighted by Gasteiger charge is 2.40. The Morgan fingerprint density at radius 3 is 2.44 bits per heavy atom. The lowest BCUT2D eigenvalue weighted by Gasteiger charge is -2.48. The van der Waals surface area contributed by atoms with Crippen molar-refractivity contribution >= 4 is 0 Å². The molecule has 0 bridgehead atoms. The fourth-order valence-electron chi connectivity index (χ4n) is 3.18. The Morgan fingerprint density at radius 1 is 1.17 bits per heavy atom. The fraction of sp³-hybridized carbons (Fsp3) is 1.00. The number of rotatable bonds is 3. The van der Waals surface area contributed by atoms with E-state index < -0.39 is 0 Å². The first-order valence-electron chi connectivity index (χ1n) is 7.48. The second-order valence-electron chi connectivity index (χ2n) is 7.68. The van der Waals surface area contributed by atoms with Crippen LogP contribution in [0.15, 0.2) is 0 Å². The smallest absolute Gasteiger partial charge is 0.0224 e. The molecule has 0 amide bonds. The van der Waals surface area contributed by atoms with Crippen molar-refractivity contribution < 1.29 is 0 Å². The maximum absolute atomic E-state index is 6.35. The summed E-state index contributed by atoms with van der Waals surface area (Å²) in [4.78, 5) is 5.35. The van der Waals surface area contributed by atoms with Gasteiger partial charge in [-0.2, -0.15) is 0 Å². The number of hydrogen-bond donors (Lipinski definition) is 1. The number of piperazine rings is 1. The molecule has 0 spiro atoms. The second kappa shape index (κ2) is 4.77. The fourth-order valence-corrected chi connectivity index (χ4v) is 3.18. The Morgan fingerprint density at radius 2 is 1.83 bits per heavy atom. The van der Waals surface area contributed by atoms with Crippen molar-refractivity contribution in [3.63, 3.8) is 0 Å². The molecule has 2 aliphatic heterocycles. The molecule has 2 unspecified atom stereocenters. The van der Waals surface area contributed by atoms with Crippen LogP contribution in [0.2, 0.25) is 0 Å². The summed E-state index contributed by atoms with van der Waals surface area (Å²) in [7, 11) is 0. The van der Waals surface area contributed by atoms with E-state index in [4.69, 9.17) is 5.73 Å². The minimum atomic E-state index is -0.125. The molecule has 18 heavy (non-hydrogen) atoms. The molecule has 106 valence electrons. The lowest BCUT2D eigenvalue weighted by Crippen LogP contribution is -2.60. The standard InChI is InChI=1S/C15H31N3/c1-12-9-17-8-6-7-13(17)10-18(12)11-14(2,3)15(4,5)16/h12-13H,6-11,16H2,1-5H3. The Labute approximate surface area is 113 Å². The molecule has 2 fully saturated rings. The molecule has 0 aromatic carbocycles. The zero-order valence-electron chi connectivity index (χ0n) is 12.9. The zero-order valence-corrected chi connectivity index (χ0v) is 12.9. The van der Waals surface area contributed by atoms with Crippen molar-refractivity contribution in [2.75, 3.05) is 26.2 Å². The van der Waals surface area contributed by atoms with Gasteiger partial charge in [-0.3, -0.25) is 9.80 Å². The molecule has 0 saturated carbocycles. The predicted molar refractivity (Wildman–Crippen MR) is 77.7 cm³/mol. The van der Waals surface area contributed by atoms with E-state index in [9.17, 15) is 0 Å². The molecule has 3 heteroatoms. The Balaban J connectivity index is 2.01. The van der Waals surface area contributed by atoms with Gasteiger partial charge in [0.15, 0.2) is 0 Å². The van der Waals surface area contributed by atoms with E-state index in [-0.39, 0.29) is 11.0 Å². The summed E-state index contributed by atoms with van der Waals surface area (Å²) in [5.74, 6) is 0. The van der Waals surface area contributed by atoms with E-state index in [1.165, 1.54) is 32.5 Å². The molecule has 2 atom stereocenters. The highest BCUT2D eigenvalue weighted by molar-refractivity contribution is 4.97. The van der Waals surface area contributed by atoms with Crippen molar-refractivity contribution in [2.45, 2.75) is 65.1 Å². The molecular weight excluding hydrogens is 222 g/mol. The molecule has 0 aromatic rings. The van der Waals surface area contributed by atoms with E-state index in [1.54, 1.807) is 0 Å². The lowest BCUT2D eigenvalue weighted by atomic mass is 9.74. The van der Waals surface area contributed by atoms with E-state index in [0.717, 1.165) is 12.6 Å². The summed E-state index contributed by atoms with van der Waals surface area (Å²) in [5.41, 5.74) is 6.37. The topological polar surface area (TPSA) is 32.5 Å². The van der Waals surface area contributed by atoms with Crippen LogP contribution in [0.5, 0.6) is 0 Å².